The van der Waals surface area contributed by atoms with Crippen LogP contribution in [0.25, 0.3) is 0 Å². The summed E-state index contributed by atoms with van der Waals surface area (Å²) in [5, 5.41) is 8.87. The van der Waals surface area contributed by atoms with Crippen LogP contribution in [-0.2, 0) is 0 Å². The zero-order valence-corrected chi connectivity index (χ0v) is 11.8. The first-order valence-corrected chi connectivity index (χ1v) is 6.46. The number of pyridine rings is 1. The molecule has 4 heteroatoms. The highest BCUT2D eigenvalue weighted by Crippen LogP contribution is 2.33. The fourth-order valence-corrected chi connectivity index (χ4v) is 1.90. The molecule has 2 N–H and O–H groups in total. The molecule has 102 valence electrons. The van der Waals surface area contributed by atoms with Crippen molar-refractivity contribution in [2.75, 3.05) is 5.73 Å². The summed E-state index contributed by atoms with van der Waals surface area (Å²) in [4.78, 5) is 4.12. The number of nitriles is 1. The van der Waals surface area contributed by atoms with Crippen molar-refractivity contribution in [1.29, 1.82) is 5.26 Å². The smallest absolute Gasteiger partial charge is 0.220 e. The summed E-state index contributed by atoms with van der Waals surface area (Å²) in [6, 6.07) is 11.0. The Morgan fingerprint density at radius 3 is 2.70 bits per heavy atom. The lowest BCUT2D eigenvalue weighted by atomic mass is 9.99. The van der Waals surface area contributed by atoms with Crippen molar-refractivity contribution < 1.29 is 4.74 Å². The van der Waals surface area contributed by atoms with Crippen LogP contribution in [0.4, 0.5) is 5.69 Å². The van der Waals surface area contributed by atoms with Crippen LogP contribution in [0.1, 0.15) is 36.6 Å². The second-order valence-corrected chi connectivity index (χ2v) is 4.98. The van der Waals surface area contributed by atoms with Crippen LogP contribution >= 0.6 is 0 Å². The van der Waals surface area contributed by atoms with Gasteiger partial charge in [-0.25, -0.2) is 4.98 Å². The molecule has 0 saturated heterocycles. The summed E-state index contributed by atoms with van der Waals surface area (Å²) in [5.41, 5.74) is 9.02. The molecule has 2 rings (SSSR count). The quantitative estimate of drug-likeness (QED) is 0.859. The Balaban J connectivity index is 2.42. The molecule has 0 bridgehead atoms. The zero-order valence-electron chi connectivity index (χ0n) is 11.8. The topological polar surface area (TPSA) is 71.9 Å². The molecule has 0 aliphatic rings. The van der Waals surface area contributed by atoms with Gasteiger partial charge in [0.15, 0.2) is 0 Å². The minimum atomic E-state index is 0.284. The number of rotatable bonds is 3. The van der Waals surface area contributed by atoms with Gasteiger partial charge in [0.2, 0.25) is 5.88 Å². The van der Waals surface area contributed by atoms with Gasteiger partial charge in [-0.15, -0.1) is 0 Å². The number of nitrogen functional groups attached to an aromatic ring is 1. The molecule has 4 nitrogen and oxygen atoms in total. The van der Waals surface area contributed by atoms with Crippen molar-refractivity contribution in [3.8, 4) is 17.7 Å². The Morgan fingerprint density at radius 1 is 1.30 bits per heavy atom. The fraction of sp³-hybridized carbons (Fsp3) is 0.250. The molecule has 0 fully saturated rings. The largest absolute Gasteiger partial charge is 0.439 e. The van der Waals surface area contributed by atoms with E-state index < -0.39 is 0 Å². The Morgan fingerprint density at radius 2 is 2.05 bits per heavy atom. The zero-order chi connectivity index (χ0) is 14.7. The van der Waals surface area contributed by atoms with E-state index >= 15 is 0 Å². The Hall–Kier alpha value is -2.54. The Labute approximate surface area is 118 Å². The van der Waals surface area contributed by atoms with Crippen LogP contribution in [0.2, 0.25) is 0 Å². The molecule has 1 aromatic carbocycles. The second-order valence-electron chi connectivity index (χ2n) is 4.98. The van der Waals surface area contributed by atoms with E-state index in [0.29, 0.717) is 11.6 Å². The van der Waals surface area contributed by atoms with E-state index in [2.05, 4.69) is 18.8 Å². The molecule has 1 aromatic heterocycles. The van der Waals surface area contributed by atoms with Crippen molar-refractivity contribution in [2.45, 2.75) is 26.7 Å². The van der Waals surface area contributed by atoms with Crippen molar-refractivity contribution in [3.05, 3.63) is 47.2 Å². The number of ether oxygens (including phenoxy) is 1. The molecule has 2 aromatic rings. The predicted molar refractivity (Wildman–Crippen MR) is 78.7 cm³/mol. The molecular weight excluding hydrogens is 250 g/mol. The number of anilines is 1. The van der Waals surface area contributed by atoms with E-state index in [1.807, 2.05) is 25.1 Å². The molecule has 20 heavy (non-hydrogen) atoms. The van der Waals surface area contributed by atoms with E-state index in [4.69, 9.17) is 15.7 Å². The summed E-state index contributed by atoms with van der Waals surface area (Å²) in [6.45, 7) is 6.09. The minimum Gasteiger partial charge on any atom is -0.439 e. The van der Waals surface area contributed by atoms with Crippen LogP contribution in [0.15, 0.2) is 30.3 Å². The molecule has 0 saturated carbocycles. The first-order chi connectivity index (χ1) is 9.51. The molecule has 0 radical (unpaired) electrons. The normalized spacial score (nSPS) is 10.3. The maximum absolute atomic E-state index is 8.87. The van der Waals surface area contributed by atoms with Gasteiger partial charge < -0.3 is 10.5 Å². The Kier molecular flexibility index (Phi) is 3.90. The summed E-state index contributed by atoms with van der Waals surface area (Å²) >= 11 is 0. The number of nitrogens with zero attached hydrogens (tertiary/aromatic N) is 2. The average Bonchev–Trinajstić information content (AvgIpc) is 2.42. The van der Waals surface area contributed by atoms with Crippen LogP contribution in [0.5, 0.6) is 11.6 Å². The minimum absolute atomic E-state index is 0.284. The van der Waals surface area contributed by atoms with Gasteiger partial charge in [0, 0.05) is 11.8 Å². The molecule has 0 amide bonds. The summed E-state index contributed by atoms with van der Waals surface area (Å²) in [5.74, 6) is 1.43. The van der Waals surface area contributed by atoms with Crippen molar-refractivity contribution in [1.82, 2.24) is 4.98 Å². The molecule has 1 heterocycles. The fourth-order valence-electron chi connectivity index (χ4n) is 1.90. The number of hydrogen-bond donors (Lipinski definition) is 1. The van der Waals surface area contributed by atoms with Gasteiger partial charge in [0.05, 0.1) is 0 Å². The average molecular weight is 267 g/mol. The molecule has 0 spiro atoms. The number of aryl methyl sites for hydroxylation is 1. The highest BCUT2D eigenvalue weighted by molar-refractivity contribution is 5.55. The van der Waals surface area contributed by atoms with E-state index in [0.717, 1.165) is 22.6 Å². The maximum atomic E-state index is 8.87. The van der Waals surface area contributed by atoms with Gasteiger partial charge in [-0.1, -0.05) is 19.9 Å². The van der Waals surface area contributed by atoms with Crippen molar-refractivity contribution >= 4 is 5.69 Å². The van der Waals surface area contributed by atoms with Gasteiger partial charge in [-0.3, -0.25) is 0 Å². The predicted octanol–water partition coefficient (Wildman–Crippen LogP) is 3.76. The second kappa shape index (κ2) is 5.62. The van der Waals surface area contributed by atoms with Crippen LogP contribution in [-0.4, -0.2) is 4.98 Å². The van der Waals surface area contributed by atoms with Gasteiger partial charge in [-0.05, 0) is 42.2 Å². The van der Waals surface area contributed by atoms with Crippen LogP contribution in [0, 0.1) is 18.3 Å². The molecule has 0 aliphatic heterocycles. The van der Waals surface area contributed by atoms with Gasteiger partial charge in [-0.2, -0.15) is 5.26 Å². The number of hydrogen-bond acceptors (Lipinski definition) is 4. The first kappa shape index (κ1) is 13.9. The summed E-state index contributed by atoms with van der Waals surface area (Å²) < 4.78 is 5.83. The van der Waals surface area contributed by atoms with Crippen molar-refractivity contribution in [3.63, 3.8) is 0 Å². The highest BCUT2D eigenvalue weighted by Gasteiger charge is 2.12. The lowest BCUT2D eigenvalue weighted by Crippen LogP contribution is -2.00. The van der Waals surface area contributed by atoms with E-state index in [1.54, 1.807) is 18.2 Å². The van der Waals surface area contributed by atoms with E-state index in [1.165, 1.54) is 0 Å². The summed E-state index contributed by atoms with van der Waals surface area (Å²) in [6.07, 6.45) is 0. The first-order valence-electron chi connectivity index (χ1n) is 6.46. The number of aromatic nitrogens is 1. The standard InChI is InChI=1S/C16H17N3O/c1-10(2)13-8-14(18)11(3)7-15(13)20-16-6-4-5-12(9-17)19-16/h4-8,10H,18H2,1-3H3. The third-order valence-corrected chi connectivity index (χ3v) is 3.07. The molecule has 0 unspecified atom stereocenters. The van der Waals surface area contributed by atoms with Gasteiger partial charge in [0.1, 0.15) is 17.5 Å². The lowest BCUT2D eigenvalue weighted by Gasteiger charge is -2.15. The SMILES string of the molecule is Cc1cc(Oc2cccc(C#N)n2)c(C(C)C)cc1N. The monoisotopic (exact) mass is 267 g/mol. The van der Waals surface area contributed by atoms with Crippen LogP contribution in [0.3, 0.4) is 0 Å². The summed E-state index contributed by atoms with van der Waals surface area (Å²) in [7, 11) is 0. The third kappa shape index (κ3) is 2.89. The Bertz CT molecular complexity index is 672. The van der Waals surface area contributed by atoms with Gasteiger partial charge >= 0.3 is 0 Å². The van der Waals surface area contributed by atoms with Crippen molar-refractivity contribution in [2.24, 2.45) is 0 Å². The van der Waals surface area contributed by atoms with Gasteiger partial charge in [0.25, 0.3) is 0 Å². The van der Waals surface area contributed by atoms with E-state index in [-0.39, 0.29) is 5.92 Å². The van der Waals surface area contributed by atoms with Crippen LogP contribution < -0.4 is 10.5 Å². The lowest BCUT2D eigenvalue weighted by molar-refractivity contribution is 0.453. The molecule has 0 atom stereocenters. The molecular formula is C16H17N3O. The number of nitrogens with two attached hydrogens (primary N) is 1. The molecule has 0 aliphatic carbocycles. The number of benzene rings is 1. The van der Waals surface area contributed by atoms with E-state index in [9.17, 15) is 0 Å². The third-order valence-electron chi connectivity index (χ3n) is 3.07. The highest BCUT2D eigenvalue weighted by atomic mass is 16.5. The maximum Gasteiger partial charge on any atom is 0.220 e.